The molecular weight excluding hydrogens is 294 g/mol. The van der Waals surface area contributed by atoms with Gasteiger partial charge in [0.1, 0.15) is 5.82 Å². The van der Waals surface area contributed by atoms with Crippen LogP contribution in [0, 0.1) is 0 Å². The van der Waals surface area contributed by atoms with Crippen LogP contribution in [0.15, 0.2) is 29.2 Å². The van der Waals surface area contributed by atoms with E-state index in [-0.39, 0.29) is 24.1 Å². The number of aromatic nitrogens is 4. The van der Waals surface area contributed by atoms with E-state index in [1.807, 2.05) is 23.1 Å². The van der Waals surface area contributed by atoms with Gasteiger partial charge in [-0.15, -0.1) is 0 Å². The van der Waals surface area contributed by atoms with Crippen LogP contribution < -0.4 is 5.69 Å². The van der Waals surface area contributed by atoms with Gasteiger partial charge in [0, 0.05) is 24.5 Å². The van der Waals surface area contributed by atoms with Crippen molar-refractivity contribution in [2.24, 2.45) is 0 Å². The molecule has 0 bridgehead atoms. The van der Waals surface area contributed by atoms with Crippen molar-refractivity contribution in [2.75, 3.05) is 6.54 Å². The summed E-state index contributed by atoms with van der Waals surface area (Å²) in [5.74, 6) is 0.424. The number of aryl methyl sites for hydroxylation is 1. The average molecular weight is 315 g/mol. The van der Waals surface area contributed by atoms with Gasteiger partial charge < -0.3 is 4.90 Å². The molecule has 1 saturated heterocycles. The number of likely N-dealkylation sites (tertiary alicyclic amines) is 1. The maximum absolute atomic E-state index is 12.5. The lowest BCUT2D eigenvalue weighted by Gasteiger charge is -2.35. The summed E-state index contributed by atoms with van der Waals surface area (Å²) in [4.78, 5) is 32.4. The Kier molecular flexibility index (Phi) is 4.85. The van der Waals surface area contributed by atoms with Crippen LogP contribution in [0.5, 0.6) is 0 Å². The molecule has 2 N–H and O–H groups in total. The Morgan fingerprint density at radius 2 is 2.26 bits per heavy atom. The number of amides is 1. The number of hydrogen-bond donors (Lipinski definition) is 2. The van der Waals surface area contributed by atoms with Crippen LogP contribution in [-0.4, -0.2) is 43.6 Å². The summed E-state index contributed by atoms with van der Waals surface area (Å²) in [6.45, 7) is 0.778. The highest BCUT2D eigenvalue weighted by Gasteiger charge is 2.27. The fraction of sp³-hybridized carbons (Fsp3) is 0.500. The number of hydrogen-bond acceptors (Lipinski definition) is 4. The van der Waals surface area contributed by atoms with Gasteiger partial charge in [-0.2, -0.15) is 5.10 Å². The van der Waals surface area contributed by atoms with Crippen LogP contribution in [0.25, 0.3) is 0 Å². The van der Waals surface area contributed by atoms with E-state index in [9.17, 15) is 9.59 Å². The molecule has 23 heavy (non-hydrogen) atoms. The predicted octanol–water partition coefficient (Wildman–Crippen LogP) is 1.05. The highest BCUT2D eigenvalue weighted by molar-refractivity contribution is 5.78. The number of H-pyrrole nitrogens is 2. The number of piperidine rings is 1. The molecule has 3 heterocycles. The second-order valence-corrected chi connectivity index (χ2v) is 5.90. The number of nitrogens with one attached hydrogen (secondary N) is 2. The van der Waals surface area contributed by atoms with Gasteiger partial charge in [0.25, 0.3) is 0 Å². The molecule has 1 fully saturated rings. The van der Waals surface area contributed by atoms with Gasteiger partial charge >= 0.3 is 5.69 Å². The Hall–Kier alpha value is -2.44. The Morgan fingerprint density at radius 1 is 1.35 bits per heavy atom. The molecule has 0 aromatic carbocycles. The largest absolute Gasteiger partial charge is 0.340 e. The van der Waals surface area contributed by atoms with Crippen molar-refractivity contribution in [1.29, 1.82) is 0 Å². The Bertz CT molecular complexity index is 694. The van der Waals surface area contributed by atoms with Gasteiger partial charge in [0.2, 0.25) is 5.91 Å². The lowest BCUT2D eigenvalue weighted by molar-refractivity contribution is -0.134. The van der Waals surface area contributed by atoms with Gasteiger partial charge in [-0.3, -0.25) is 14.8 Å². The summed E-state index contributed by atoms with van der Waals surface area (Å²) in [7, 11) is 0. The van der Waals surface area contributed by atoms with Gasteiger partial charge in [0.15, 0.2) is 0 Å². The van der Waals surface area contributed by atoms with E-state index in [2.05, 4.69) is 20.2 Å². The monoisotopic (exact) mass is 315 g/mol. The minimum absolute atomic E-state index is 0.0264. The third-order valence-electron chi connectivity index (χ3n) is 4.28. The van der Waals surface area contributed by atoms with Crippen molar-refractivity contribution in [1.82, 2.24) is 25.1 Å². The Balaban J connectivity index is 1.61. The van der Waals surface area contributed by atoms with Gasteiger partial charge in [-0.05, 0) is 44.2 Å². The zero-order chi connectivity index (χ0) is 16.1. The van der Waals surface area contributed by atoms with Crippen LogP contribution in [0.2, 0.25) is 0 Å². The maximum Gasteiger partial charge on any atom is 0.340 e. The smallest absolute Gasteiger partial charge is 0.339 e. The highest BCUT2D eigenvalue weighted by Crippen LogP contribution is 2.21. The predicted molar refractivity (Wildman–Crippen MR) is 84.8 cm³/mol. The summed E-state index contributed by atoms with van der Waals surface area (Å²) >= 11 is 0. The van der Waals surface area contributed by atoms with Crippen molar-refractivity contribution in [3.05, 3.63) is 46.4 Å². The van der Waals surface area contributed by atoms with Crippen LogP contribution in [0.4, 0.5) is 0 Å². The first-order valence-corrected chi connectivity index (χ1v) is 8.05. The normalized spacial score (nSPS) is 18.1. The van der Waals surface area contributed by atoms with E-state index in [4.69, 9.17) is 0 Å². The molecule has 7 heteroatoms. The number of carbonyl (C=O) groups excluding carboxylic acids is 1. The molecule has 0 saturated carbocycles. The lowest BCUT2D eigenvalue weighted by atomic mass is 9.96. The molecule has 2 aromatic heterocycles. The highest BCUT2D eigenvalue weighted by atomic mass is 16.2. The first-order valence-electron chi connectivity index (χ1n) is 8.05. The first-order chi connectivity index (χ1) is 11.2. The van der Waals surface area contributed by atoms with Crippen LogP contribution in [0.3, 0.4) is 0 Å². The molecule has 2 aromatic rings. The summed E-state index contributed by atoms with van der Waals surface area (Å²) in [6.07, 6.45) is 6.93. The molecule has 122 valence electrons. The van der Waals surface area contributed by atoms with Crippen LogP contribution >= 0.6 is 0 Å². The van der Waals surface area contributed by atoms with Crippen molar-refractivity contribution >= 4 is 5.91 Å². The van der Waals surface area contributed by atoms with Crippen LogP contribution in [0.1, 0.15) is 37.2 Å². The van der Waals surface area contributed by atoms with Crippen molar-refractivity contribution in [2.45, 2.75) is 44.6 Å². The van der Waals surface area contributed by atoms with Gasteiger partial charge in [-0.25, -0.2) is 9.89 Å². The second-order valence-electron chi connectivity index (χ2n) is 5.90. The van der Waals surface area contributed by atoms with E-state index in [0.717, 1.165) is 44.3 Å². The number of aromatic amines is 2. The molecular formula is C16H21N5O2. The van der Waals surface area contributed by atoms with Gasteiger partial charge in [-0.1, -0.05) is 6.07 Å². The van der Waals surface area contributed by atoms with E-state index >= 15 is 0 Å². The quantitative estimate of drug-likeness (QED) is 0.862. The van der Waals surface area contributed by atoms with E-state index in [1.165, 1.54) is 0 Å². The molecule has 1 aliphatic rings. The molecule has 0 spiro atoms. The molecule has 0 radical (unpaired) electrons. The molecule has 1 unspecified atom stereocenters. The molecule has 1 amide bonds. The van der Waals surface area contributed by atoms with Crippen molar-refractivity contribution in [3.8, 4) is 0 Å². The minimum Gasteiger partial charge on any atom is -0.339 e. The second kappa shape index (κ2) is 7.21. The SMILES string of the molecule is O=C(Cc1n[nH]c(=O)[nH]1)N1CCCCC1CCc1ccccn1. The third-order valence-corrected chi connectivity index (χ3v) is 4.28. The first kappa shape index (κ1) is 15.5. The fourth-order valence-corrected chi connectivity index (χ4v) is 3.12. The lowest BCUT2D eigenvalue weighted by Crippen LogP contribution is -2.44. The van der Waals surface area contributed by atoms with E-state index < -0.39 is 0 Å². The Labute approximate surface area is 134 Å². The third kappa shape index (κ3) is 4.06. The maximum atomic E-state index is 12.5. The standard InChI is InChI=1S/C16H21N5O2/c22-15(11-14-18-16(23)20-19-14)21-10-4-2-6-13(21)8-7-12-5-1-3-9-17-12/h1,3,5,9,13H,2,4,6-8,10-11H2,(H2,18,19,20,23). The molecule has 1 aliphatic heterocycles. The summed E-state index contributed by atoms with van der Waals surface area (Å²) in [5, 5.41) is 6.11. The molecule has 1 atom stereocenters. The van der Waals surface area contributed by atoms with Crippen molar-refractivity contribution < 1.29 is 4.79 Å². The zero-order valence-electron chi connectivity index (χ0n) is 13.0. The number of rotatable bonds is 5. The number of pyridine rings is 1. The summed E-state index contributed by atoms with van der Waals surface area (Å²) in [6, 6.07) is 6.15. The molecule has 0 aliphatic carbocycles. The zero-order valence-corrected chi connectivity index (χ0v) is 13.0. The van der Waals surface area contributed by atoms with E-state index in [0.29, 0.717) is 5.82 Å². The van der Waals surface area contributed by atoms with E-state index in [1.54, 1.807) is 6.20 Å². The number of nitrogens with zero attached hydrogens (tertiary/aromatic N) is 3. The van der Waals surface area contributed by atoms with Gasteiger partial charge in [0.05, 0.1) is 6.42 Å². The van der Waals surface area contributed by atoms with Crippen LogP contribution in [-0.2, 0) is 17.6 Å². The fourth-order valence-electron chi connectivity index (χ4n) is 3.12. The minimum atomic E-state index is -0.377. The molecule has 7 nitrogen and oxygen atoms in total. The summed E-state index contributed by atoms with van der Waals surface area (Å²) < 4.78 is 0. The van der Waals surface area contributed by atoms with Crippen molar-refractivity contribution in [3.63, 3.8) is 0 Å². The Morgan fingerprint density at radius 3 is 3.00 bits per heavy atom. The number of carbonyl (C=O) groups is 1. The summed E-state index contributed by atoms with van der Waals surface area (Å²) in [5.41, 5.74) is 0.681. The molecule has 3 rings (SSSR count). The topological polar surface area (TPSA) is 94.7 Å². The average Bonchev–Trinajstić information content (AvgIpc) is 2.99.